The molecule has 0 aliphatic carbocycles. The van der Waals surface area contributed by atoms with Gasteiger partial charge in [-0.1, -0.05) is 18.5 Å². The highest BCUT2D eigenvalue weighted by atomic mass is 35.5. The van der Waals surface area contributed by atoms with Crippen LogP contribution in [0.2, 0.25) is 5.02 Å². The molecule has 1 aliphatic rings. The van der Waals surface area contributed by atoms with E-state index < -0.39 is 22.0 Å². The highest BCUT2D eigenvalue weighted by Crippen LogP contribution is 2.25. The van der Waals surface area contributed by atoms with Crippen molar-refractivity contribution in [3.8, 4) is 0 Å². The van der Waals surface area contributed by atoms with Crippen molar-refractivity contribution in [3.05, 3.63) is 28.8 Å². The molecule has 0 saturated carbocycles. The first-order valence-electron chi connectivity index (χ1n) is 8.65. The molecular formula is C17H24ClN3O4S. The molecule has 7 nitrogen and oxygen atoms in total. The third kappa shape index (κ3) is 4.75. The first kappa shape index (κ1) is 20.7. The number of halogens is 1. The third-order valence-corrected chi connectivity index (χ3v) is 6.40. The number of rotatable bonds is 7. The third-order valence-electron chi connectivity index (χ3n) is 4.18. The van der Waals surface area contributed by atoms with Crippen molar-refractivity contribution in [2.75, 3.05) is 19.6 Å². The quantitative estimate of drug-likeness (QED) is 0.727. The molecule has 2 N–H and O–H groups in total. The Balaban J connectivity index is 2.18. The van der Waals surface area contributed by atoms with Crippen LogP contribution in [0.4, 0.5) is 0 Å². The Labute approximate surface area is 159 Å². The molecule has 26 heavy (non-hydrogen) atoms. The van der Waals surface area contributed by atoms with Gasteiger partial charge in [0.25, 0.3) is 5.91 Å². The van der Waals surface area contributed by atoms with Gasteiger partial charge in [-0.15, -0.1) is 0 Å². The van der Waals surface area contributed by atoms with Gasteiger partial charge < -0.3 is 10.6 Å². The van der Waals surface area contributed by atoms with Crippen LogP contribution in [0.25, 0.3) is 0 Å². The van der Waals surface area contributed by atoms with Crippen LogP contribution in [-0.4, -0.2) is 50.2 Å². The number of amides is 2. The lowest BCUT2D eigenvalue weighted by Gasteiger charge is -2.17. The molecule has 1 aliphatic heterocycles. The van der Waals surface area contributed by atoms with Crippen LogP contribution >= 0.6 is 11.6 Å². The Morgan fingerprint density at radius 3 is 2.54 bits per heavy atom. The number of benzene rings is 1. The van der Waals surface area contributed by atoms with Gasteiger partial charge in [-0.2, -0.15) is 4.31 Å². The molecule has 0 bridgehead atoms. The number of carbonyl (C=O) groups excluding carboxylic acids is 2. The minimum atomic E-state index is -3.65. The Bertz CT molecular complexity index is 776. The summed E-state index contributed by atoms with van der Waals surface area (Å²) in [5.41, 5.74) is 0.0297. The van der Waals surface area contributed by atoms with E-state index in [4.69, 9.17) is 11.6 Å². The Morgan fingerprint density at radius 1 is 1.27 bits per heavy atom. The van der Waals surface area contributed by atoms with Crippen LogP contribution < -0.4 is 10.6 Å². The molecule has 0 unspecified atom stereocenters. The molecule has 0 radical (unpaired) electrons. The zero-order chi connectivity index (χ0) is 19.3. The molecule has 1 atom stereocenters. The summed E-state index contributed by atoms with van der Waals surface area (Å²) >= 11 is 6.08. The van der Waals surface area contributed by atoms with Gasteiger partial charge in [-0.05, 0) is 44.4 Å². The summed E-state index contributed by atoms with van der Waals surface area (Å²) in [5, 5.41) is 5.37. The average molecular weight is 402 g/mol. The van der Waals surface area contributed by atoms with E-state index in [1.54, 1.807) is 6.92 Å². The molecule has 1 saturated heterocycles. The smallest absolute Gasteiger partial charge is 0.253 e. The Hall–Kier alpha value is -1.64. The summed E-state index contributed by atoms with van der Waals surface area (Å²) in [7, 11) is -3.65. The van der Waals surface area contributed by atoms with Crippen molar-refractivity contribution in [1.29, 1.82) is 0 Å². The van der Waals surface area contributed by atoms with Crippen molar-refractivity contribution < 1.29 is 18.0 Å². The van der Waals surface area contributed by atoms with E-state index >= 15 is 0 Å². The fraction of sp³-hybridized carbons (Fsp3) is 0.529. The number of nitrogens with zero attached hydrogens (tertiary/aromatic N) is 1. The van der Waals surface area contributed by atoms with Crippen LogP contribution in [0.15, 0.2) is 23.1 Å². The van der Waals surface area contributed by atoms with Crippen molar-refractivity contribution in [3.63, 3.8) is 0 Å². The fourth-order valence-electron chi connectivity index (χ4n) is 2.66. The summed E-state index contributed by atoms with van der Waals surface area (Å²) < 4.78 is 26.7. The van der Waals surface area contributed by atoms with Crippen molar-refractivity contribution in [2.45, 2.75) is 44.0 Å². The molecule has 1 heterocycles. The number of sulfonamides is 1. The molecular weight excluding hydrogens is 378 g/mol. The maximum atomic E-state index is 12.7. The van der Waals surface area contributed by atoms with Crippen LogP contribution in [0.5, 0.6) is 0 Å². The van der Waals surface area contributed by atoms with Gasteiger partial charge in [0.05, 0.1) is 15.5 Å². The van der Waals surface area contributed by atoms with Crippen LogP contribution in [0.3, 0.4) is 0 Å². The zero-order valence-corrected chi connectivity index (χ0v) is 16.5. The summed E-state index contributed by atoms with van der Waals surface area (Å²) in [6.45, 7) is 4.95. The highest BCUT2D eigenvalue weighted by Gasteiger charge is 2.28. The monoisotopic (exact) mass is 401 g/mol. The zero-order valence-electron chi connectivity index (χ0n) is 14.9. The van der Waals surface area contributed by atoms with Crippen molar-refractivity contribution >= 4 is 33.4 Å². The molecule has 2 rings (SSSR count). The van der Waals surface area contributed by atoms with Gasteiger partial charge in [0.2, 0.25) is 15.9 Å². The standard InChI is InChI=1S/C17H24ClN3O4S/c1-3-8-19-16(22)12(2)20-17(23)14-11-13(6-7-15(14)18)26(24,25)21-9-4-5-10-21/h6-7,11-12H,3-5,8-10H2,1-2H3,(H,19,22)(H,20,23)/t12-/m0/s1. The van der Waals surface area contributed by atoms with Gasteiger partial charge in [0.1, 0.15) is 6.04 Å². The molecule has 2 amide bonds. The van der Waals surface area contributed by atoms with Crippen LogP contribution in [0.1, 0.15) is 43.5 Å². The second-order valence-corrected chi connectivity index (χ2v) is 8.58. The minimum absolute atomic E-state index is 0.0250. The van der Waals surface area contributed by atoms with E-state index in [0.717, 1.165) is 19.3 Å². The van der Waals surface area contributed by atoms with Gasteiger partial charge >= 0.3 is 0 Å². The summed E-state index contributed by atoms with van der Waals surface area (Å²) in [5.74, 6) is -0.898. The minimum Gasteiger partial charge on any atom is -0.354 e. The SMILES string of the molecule is CCCNC(=O)[C@H](C)NC(=O)c1cc(S(=O)(=O)N2CCCC2)ccc1Cl. The van der Waals surface area contributed by atoms with E-state index in [1.807, 2.05) is 6.92 Å². The van der Waals surface area contributed by atoms with Crippen LogP contribution in [0, 0.1) is 0 Å². The second kappa shape index (κ2) is 8.83. The first-order valence-corrected chi connectivity index (χ1v) is 10.5. The lowest BCUT2D eigenvalue weighted by molar-refractivity contribution is -0.122. The van der Waals surface area contributed by atoms with Crippen molar-refractivity contribution in [1.82, 2.24) is 14.9 Å². The van der Waals surface area contributed by atoms with Gasteiger partial charge in [-0.25, -0.2) is 8.42 Å². The molecule has 1 aromatic carbocycles. The topological polar surface area (TPSA) is 95.6 Å². The largest absolute Gasteiger partial charge is 0.354 e. The highest BCUT2D eigenvalue weighted by molar-refractivity contribution is 7.89. The summed E-state index contributed by atoms with van der Waals surface area (Å²) in [4.78, 5) is 24.4. The predicted molar refractivity (Wildman–Crippen MR) is 99.7 cm³/mol. The normalized spacial score (nSPS) is 16.3. The summed E-state index contributed by atoms with van der Waals surface area (Å²) in [6, 6.07) is 3.29. The number of hydrogen-bond acceptors (Lipinski definition) is 4. The molecule has 144 valence electrons. The predicted octanol–water partition coefficient (Wildman–Crippen LogP) is 1.77. The van der Waals surface area contributed by atoms with Crippen molar-refractivity contribution in [2.24, 2.45) is 0 Å². The van der Waals surface area contributed by atoms with Gasteiger partial charge in [0.15, 0.2) is 0 Å². The lowest BCUT2D eigenvalue weighted by Crippen LogP contribution is -2.45. The molecule has 0 spiro atoms. The average Bonchev–Trinajstić information content (AvgIpc) is 3.15. The number of carbonyl (C=O) groups is 2. The Morgan fingerprint density at radius 2 is 1.92 bits per heavy atom. The maximum Gasteiger partial charge on any atom is 0.253 e. The maximum absolute atomic E-state index is 12.7. The van der Waals surface area contributed by atoms with E-state index in [2.05, 4.69) is 10.6 Å². The molecule has 1 aromatic rings. The van der Waals surface area contributed by atoms with Gasteiger partial charge in [0, 0.05) is 19.6 Å². The summed E-state index contributed by atoms with van der Waals surface area (Å²) in [6.07, 6.45) is 2.43. The molecule has 1 fully saturated rings. The second-order valence-electron chi connectivity index (χ2n) is 6.24. The fourth-order valence-corrected chi connectivity index (χ4v) is 4.40. The van der Waals surface area contributed by atoms with E-state index in [1.165, 1.54) is 22.5 Å². The molecule has 9 heteroatoms. The first-order chi connectivity index (χ1) is 12.3. The molecule has 0 aromatic heterocycles. The van der Waals surface area contributed by atoms with E-state index in [-0.39, 0.29) is 21.4 Å². The van der Waals surface area contributed by atoms with E-state index in [0.29, 0.717) is 19.6 Å². The number of hydrogen-bond donors (Lipinski definition) is 2. The lowest BCUT2D eigenvalue weighted by atomic mass is 10.2. The number of nitrogens with one attached hydrogen (secondary N) is 2. The Kier molecular flexibility index (Phi) is 7.02. The van der Waals surface area contributed by atoms with E-state index in [9.17, 15) is 18.0 Å². The van der Waals surface area contributed by atoms with Gasteiger partial charge in [-0.3, -0.25) is 9.59 Å². The van der Waals surface area contributed by atoms with Crippen LogP contribution in [-0.2, 0) is 14.8 Å².